The van der Waals surface area contributed by atoms with Crippen molar-refractivity contribution >= 4 is 34.8 Å². The van der Waals surface area contributed by atoms with Crippen molar-refractivity contribution in [3.63, 3.8) is 0 Å². The first-order valence-electron chi connectivity index (χ1n) is 5.62. The molecule has 19 heavy (non-hydrogen) atoms. The van der Waals surface area contributed by atoms with Crippen molar-refractivity contribution in [3.05, 3.63) is 68.4 Å². The van der Waals surface area contributed by atoms with Crippen LogP contribution in [-0.2, 0) is 6.42 Å². The fraction of sp³-hybridized carbons (Fsp3) is 0.143. The van der Waals surface area contributed by atoms with E-state index in [4.69, 9.17) is 40.5 Å². The van der Waals surface area contributed by atoms with Gasteiger partial charge in [0.2, 0.25) is 0 Å². The van der Waals surface area contributed by atoms with Gasteiger partial charge in [-0.3, -0.25) is 0 Å². The Hall–Kier alpha value is -0.800. The van der Waals surface area contributed by atoms with Crippen molar-refractivity contribution in [2.75, 3.05) is 0 Å². The lowest BCUT2D eigenvalue weighted by Crippen LogP contribution is -2.13. The van der Waals surface area contributed by atoms with Crippen LogP contribution in [0.5, 0.6) is 0 Å². The molecule has 2 rings (SSSR count). The van der Waals surface area contributed by atoms with E-state index in [1.54, 1.807) is 30.3 Å². The number of halogens is 4. The standard InChI is InChI=1S/C14H11Cl3FN/c15-10-5-4-8(6-11(10)16)13(19)7-9-2-1-3-12(18)14(9)17/h1-6,13H,7,19H2. The molecule has 1 nitrogen and oxygen atoms in total. The van der Waals surface area contributed by atoms with E-state index in [2.05, 4.69) is 0 Å². The molecule has 0 aromatic heterocycles. The normalized spacial score (nSPS) is 12.5. The zero-order valence-corrected chi connectivity index (χ0v) is 12.1. The highest BCUT2D eigenvalue weighted by Crippen LogP contribution is 2.28. The molecule has 0 aliphatic heterocycles. The van der Waals surface area contributed by atoms with Gasteiger partial charge >= 0.3 is 0 Å². The van der Waals surface area contributed by atoms with E-state index in [0.29, 0.717) is 22.0 Å². The van der Waals surface area contributed by atoms with E-state index in [0.717, 1.165) is 5.56 Å². The Kier molecular flexibility index (Phi) is 4.69. The molecule has 5 heteroatoms. The molecule has 0 saturated heterocycles. The summed E-state index contributed by atoms with van der Waals surface area (Å²) in [5.41, 5.74) is 7.58. The van der Waals surface area contributed by atoms with Crippen molar-refractivity contribution in [3.8, 4) is 0 Å². The zero-order chi connectivity index (χ0) is 14.0. The van der Waals surface area contributed by atoms with Crippen molar-refractivity contribution in [2.45, 2.75) is 12.5 Å². The summed E-state index contributed by atoms with van der Waals surface area (Å²) in [7, 11) is 0. The fourth-order valence-electron chi connectivity index (χ4n) is 1.80. The summed E-state index contributed by atoms with van der Waals surface area (Å²) in [5.74, 6) is -0.444. The molecule has 0 spiro atoms. The number of hydrogen-bond acceptors (Lipinski definition) is 1. The van der Waals surface area contributed by atoms with Gasteiger partial charge in [0.1, 0.15) is 5.82 Å². The Labute approximate surface area is 126 Å². The Balaban J connectivity index is 2.23. The van der Waals surface area contributed by atoms with E-state index in [1.807, 2.05) is 0 Å². The van der Waals surface area contributed by atoms with Crippen LogP contribution >= 0.6 is 34.8 Å². The number of nitrogens with two attached hydrogens (primary N) is 1. The number of benzene rings is 2. The number of rotatable bonds is 3. The smallest absolute Gasteiger partial charge is 0.142 e. The lowest BCUT2D eigenvalue weighted by Gasteiger charge is -2.14. The predicted molar refractivity (Wildman–Crippen MR) is 78.5 cm³/mol. The average Bonchev–Trinajstić information content (AvgIpc) is 2.38. The van der Waals surface area contributed by atoms with Gasteiger partial charge < -0.3 is 5.73 Å². The highest BCUT2D eigenvalue weighted by atomic mass is 35.5. The maximum Gasteiger partial charge on any atom is 0.142 e. The fourth-order valence-corrected chi connectivity index (χ4v) is 2.31. The number of hydrogen-bond donors (Lipinski definition) is 1. The minimum Gasteiger partial charge on any atom is -0.324 e. The van der Waals surface area contributed by atoms with Gasteiger partial charge in [-0.1, -0.05) is 53.0 Å². The third-order valence-corrected chi connectivity index (χ3v) is 4.01. The summed E-state index contributed by atoms with van der Waals surface area (Å²) in [4.78, 5) is 0. The molecule has 0 amide bonds. The maximum absolute atomic E-state index is 13.3. The van der Waals surface area contributed by atoms with Gasteiger partial charge in [0.25, 0.3) is 0 Å². The Bertz CT molecular complexity index is 601. The molecule has 1 atom stereocenters. The van der Waals surface area contributed by atoms with Crippen LogP contribution in [0.25, 0.3) is 0 Å². The third-order valence-electron chi connectivity index (χ3n) is 2.84. The Morgan fingerprint density at radius 1 is 1.05 bits per heavy atom. The lowest BCUT2D eigenvalue weighted by molar-refractivity contribution is 0.622. The van der Waals surface area contributed by atoms with Gasteiger partial charge in [0, 0.05) is 6.04 Å². The van der Waals surface area contributed by atoms with E-state index in [9.17, 15) is 4.39 Å². The van der Waals surface area contributed by atoms with Crippen LogP contribution in [-0.4, -0.2) is 0 Å². The SMILES string of the molecule is NC(Cc1cccc(F)c1Cl)c1ccc(Cl)c(Cl)c1. The molecule has 2 aromatic rings. The average molecular weight is 319 g/mol. The van der Waals surface area contributed by atoms with Crippen molar-refractivity contribution in [1.82, 2.24) is 0 Å². The van der Waals surface area contributed by atoms with Crippen LogP contribution < -0.4 is 5.73 Å². The summed E-state index contributed by atoms with van der Waals surface area (Å²) < 4.78 is 13.3. The van der Waals surface area contributed by atoms with Crippen LogP contribution in [0, 0.1) is 5.82 Å². The lowest BCUT2D eigenvalue weighted by atomic mass is 9.99. The van der Waals surface area contributed by atoms with E-state index in [-0.39, 0.29) is 11.1 Å². The van der Waals surface area contributed by atoms with Crippen LogP contribution in [0.1, 0.15) is 17.2 Å². The van der Waals surface area contributed by atoms with E-state index >= 15 is 0 Å². The Morgan fingerprint density at radius 3 is 2.47 bits per heavy atom. The summed E-state index contributed by atoms with van der Waals surface area (Å²) in [6.45, 7) is 0. The van der Waals surface area contributed by atoms with Gasteiger partial charge in [0.05, 0.1) is 15.1 Å². The van der Waals surface area contributed by atoms with Crippen LogP contribution in [0.4, 0.5) is 4.39 Å². The van der Waals surface area contributed by atoms with E-state index in [1.165, 1.54) is 6.07 Å². The van der Waals surface area contributed by atoms with Gasteiger partial charge in [-0.25, -0.2) is 4.39 Å². The largest absolute Gasteiger partial charge is 0.324 e. The summed E-state index contributed by atoms with van der Waals surface area (Å²) in [6, 6.07) is 9.55. The van der Waals surface area contributed by atoms with Gasteiger partial charge in [0.15, 0.2) is 0 Å². The summed E-state index contributed by atoms with van der Waals surface area (Å²) in [6.07, 6.45) is 0.425. The summed E-state index contributed by atoms with van der Waals surface area (Å²) in [5, 5.41) is 1.03. The quantitative estimate of drug-likeness (QED) is 0.844. The van der Waals surface area contributed by atoms with Crippen LogP contribution in [0.2, 0.25) is 15.1 Å². The van der Waals surface area contributed by atoms with Gasteiger partial charge in [-0.05, 0) is 35.7 Å². The molecule has 0 bridgehead atoms. The molecule has 0 saturated carbocycles. The zero-order valence-electron chi connectivity index (χ0n) is 9.84. The minimum atomic E-state index is -0.444. The molecule has 1 unspecified atom stereocenters. The van der Waals surface area contributed by atoms with Crippen molar-refractivity contribution < 1.29 is 4.39 Å². The Morgan fingerprint density at radius 2 is 1.79 bits per heavy atom. The molecule has 0 aliphatic carbocycles. The van der Waals surface area contributed by atoms with E-state index < -0.39 is 5.82 Å². The molecule has 0 fully saturated rings. The first-order valence-corrected chi connectivity index (χ1v) is 6.76. The molecule has 0 heterocycles. The van der Waals surface area contributed by atoms with Crippen molar-refractivity contribution in [1.29, 1.82) is 0 Å². The molecular weight excluding hydrogens is 308 g/mol. The molecule has 2 N–H and O–H groups in total. The maximum atomic E-state index is 13.3. The first kappa shape index (κ1) is 14.6. The third kappa shape index (κ3) is 3.40. The molecule has 2 aromatic carbocycles. The van der Waals surface area contributed by atoms with Crippen molar-refractivity contribution in [2.24, 2.45) is 5.73 Å². The van der Waals surface area contributed by atoms with Gasteiger partial charge in [-0.15, -0.1) is 0 Å². The first-order chi connectivity index (χ1) is 8.99. The topological polar surface area (TPSA) is 26.0 Å². The highest BCUT2D eigenvalue weighted by Gasteiger charge is 2.13. The summed E-state index contributed by atoms with van der Waals surface area (Å²) >= 11 is 17.7. The molecule has 0 radical (unpaired) electrons. The van der Waals surface area contributed by atoms with Gasteiger partial charge in [-0.2, -0.15) is 0 Å². The second-order valence-corrected chi connectivity index (χ2v) is 5.39. The van der Waals surface area contributed by atoms with Crippen LogP contribution in [0.3, 0.4) is 0 Å². The highest BCUT2D eigenvalue weighted by molar-refractivity contribution is 6.42. The molecule has 100 valence electrons. The second-order valence-electron chi connectivity index (χ2n) is 4.20. The second kappa shape index (κ2) is 6.10. The minimum absolute atomic E-state index is 0.109. The monoisotopic (exact) mass is 317 g/mol. The predicted octanol–water partition coefficient (Wildman–Crippen LogP) is 5.03. The van der Waals surface area contributed by atoms with Crippen LogP contribution in [0.15, 0.2) is 36.4 Å². The molecule has 0 aliphatic rings. The molecular formula is C14H11Cl3FN.